The van der Waals surface area contributed by atoms with E-state index in [2.05, 4.69) is 35.2 Å². The molecule has 0 atom stereocenters. The van der Waals surface area contributed by atoms with Crippen LogP contribution in [0.2, 0.25) is 0 Å². The average Bonchev–Trinajstić information content (AvgIpc) is 2.37. The molecule has 0 amide bonds. The Balaban J connectivity index is 1.58. The molecule has 1 saturated heterocycles. The highest BCUT2D eigenvalue weighted by Crippen LogP contribution is 2.21. The molecule has 1 fully saturated rings. The summed E-state index contributed by atoms with van der Waals surface area (Å²) in [6.45, 7) is 5.48. The molecular formula is C16H23NO. The Morgan fingerprint density at radius 3 is 2.67 bits per heavy atom. The predicted octanol–water partition coefficient (Wildman–Crippen LogP) is 2.92. The van der Waals surface area contributed by atoms with Gasteiger partial charge in [0.05, 0.1) is 0 Å². The second kappa shape index (κ2) is 6.69. The van der Waals surface area contributed by atoms with Gasteiger partial charge in [-0.1, -0.05) is 37.3 Å². The van der Waals surface area contributed by atoms with Crippen LogP contribution < -0.4 is 0 Å². The van der Waals surface area contributed by atoms with Crippen LogP contribution in [0.3, 0.4) is 0 Å². The van der Waals surface area contributed by atoms with Gasteiger partial charge in [-0.2, -0.15) is 0 Å². The van der Waals surface area contributed by atoms with Crippen LogP contribution in [0, 0.1) is 5.92 Å². The molecule has 0 bridgehead atoms. The topological polar surface area (TPSA) is 20.3 Å². The van der Waals surface area contributed by atoms with Crippen LogP contribution in [0.15, 0.2) is 30.3 Å². The summed E-state index contributed by atoms with van der Waals surface area (Å²) in [4.78, 5) is 13.7. The number of hydrogen-bond donors (Lipinski definition) is 0. The zero-order chi connectivity index (χ0) is 12.8. The molecule has 2 nitrogen and oxygen atoms in total. The van der Waals surface area contributed by atoms with Gasteiger partial charge in [0.25, 0.3) is 0 Å². The Morgan fingerprint density at radius 2 is 2.00 bits per heavy atom. The van der Waals surface area contributed by atoms with E-state index in [0.717, 1.165) is 31.7 Å². The standard InChI is InChI=1S/C16H23NO/c1-2-16(18)9-8-15-12-17(13-15)11-10-14-6-4-3-5-7-14/h3-7,15H,2,8-13H2,1H3. The third kappa shape index (κ3) is 3.95. The van der Waals surface area contributed by atoms with E-state index in [4.69, 9.17) is 0 Å². The highest BCUT2D eigenvalue weighted by atomic mass is 16.1. The number of carbonyl (C=O) groups is 1. The summed E-state index contributed by atoms with van der Waals surface area (Å²) >= 11 is 0. The molecule has 0 spiro atoms. The van der Waals surface area contributed by atoms with Crippen molar-refractivity contribution in [1.82, 2.24) is 4.90 Å². The average molecular weight is 245 g/mol. The number of carbonyl (C=O) groups excluding carboxylic acids is 1. The molecule has 1 aliphatic heterocycles. The second-order valence-electron chi connectivity index (χ2n) is 5.29. The van der Waals surface area contributed by atoms with Crippen molar-refractivity contribution in [2.45, 2.75) is 32.6 Å². The maximum Gasteiger partial charge on any atom is 0.132 e. The molecule has 0 saturated carbocycles. The van der Waals surface area contributed by atoms with Crippen molar-refractivity contribution in [1.29, 1.82) is 0 Å². The highest BCUT2D eigenvalue weighted by molar-refractivity contribution is 5.77. The Labute approximate surface area is 110 Å². The zero-order valence-electron chi connectivity index (χ0n) is 11.3. The third-order valence-corrected chi connectivity index (χ3v) is 3.82. The number of nitrogens with zero attached hydrogens (tertiary/aromatic N) is 1. The molecule has 0 N–H and O–H groups in total. The van der Waals surface area contributed by atoms with Gasteiger partial charge >= 0.3 is 0 Å². The van der Waals surface area contributed by atoms with Crippen molar-refractivity contribution in [2.24, 2.45) is 5.92 Å². The summed E-state index contributed by atoms with van der Waals surface area (Å²) in [5.74, 6) is 1.18. The number of rotatable bonds is 7. The zero-order valence-corrected chi connectivity index (χ0v) is 11.3. The molecule has 18 heavy (non-hydrogen) atoms. The van der Waals surface area contributed by atoms with E-state index in [1.807, 2.05) is 6.92 Å². The number of Topliss-reactive ketones (excluding diaryl/α,β-unsaturated/α-hetero) is 1. The minimum absolute atomic E-state index is 0.415. The van der Waals surface area contributed by atoms with Gasteiger partial charge in [0, 0.05) is 32.5 Å². The lowest BCUT2D eigenvalue weighted by Gasteiger charge is -2.39. The summed E-state index contributed by atoms with van der Waals surface area (Å²) in [7, 11) is 0. The molecule has 1 aliphatic rings. The minimum Gasteiger partial charge on any atom is -0.302 e. The molecule has 2 heteroatoms. The van der Waals surface area contributed by atoms with Crippen molar-refractivity contribution >= 4 is 5.78 Å². The summed E-state index contributed by atoms with van der Waals surface area (Å²) in [5.41, 5.74) is 1.42. The fourth-order valence-corrected chi connectivity index (χ4v) is 2.52. The van der Waals surface area contributed by atoms with Crippen molar-refractivity contribution in [3.8, 4) is 0 Å². The molecule has 98 valence electrons. The van der Waals surface area contributed by atoms with Crippen molar-refractivity contribution in [3.63, 3.8) is 0 Å². The first kappa shape index (κ1) is 13.3. The maximum absolute atomic E-state index is 11.2. The molecule has 1 heterocycles. The first-order chi connectivity index (χ1) is 8.78. The highest BCUT2D eigenvalue weighted by Gasteiger charge is 2.25. The van der Waals surface area contributed by atoms with E-state index in [9.17, 15) is 4.79 Å². The van der Waals surface area contributed by atoms with Gasteiger partial charge in [-0.05, 0) is 24.3 Å². The SMILES string of the molecule is CCC(=O)CCC1CN(CCc2ccccc2)C1. The van der Waals surface area contributed by atoms with Gasteiger partial charge in [0.1, 0.15) is 5.78 Å². The molecule has 0 unspecified atom stereocenters. The predicted molar refractivity (Wildman–Crippen MR) is 74.6 cm³/mol. The summed E-state index contributed by atoms with van der Waals surface area (Å²) in [5, 5.41) is 0. The molecule has 2 rings (SSSR count). The fraction of sp³-hybridized carbons (Fsp3) is 0.562. The van der Waals surface area contributed by atoms with Crippen LogP contribution in [0.25, 0.3) is 0 Å². The lowest BCUT2D eigenvalue weighted by Crippen LogP contribution is -2.47. The Kier molecular flexibility index (Phi) is 4.94. The number of benzene rings is 1. The first-order valence-corrected chi connectivity index (χ1v) is 7.06. The normalized spacial score (nSPS) is 16.5. The fourth-order valence-electron chi connectivity index (χ4n) is 2.52. The minimum atomic E-state index is 0.415. The van der Waals surface area contributed by atoms with Crippen LogP contribution in [0.4, 0.5) is 0 Å². The van der Waals surface area contributed by atoms with Crippen LogP contribution in [0.5, 0.6) is 0 Å². The summed E-state index contributed by atoms with van der Waals surface area (Å²) < 4.78 is 0. The molecule has 1 aromatic carbocycles. The number of ketones is 1. The second-order valence-corrected chi connectivity index (χ2v) is 5.29. The molecule has 0 radical (unpaired) electrons. The lowest BCUT2D eigenvalue weighted by atomic mass is 9.93. The van der Waals surface area contributed by atoms with E-state index < -0.39 is 0 Å². The summed E-state index contributed by atoms with van der Waals surface area (Å²) in [6.07, 6.45) is 3.72. The van der Waals surface area contributed by atoms with Crippen LogP contribution in [-0.4, -0.2) is 30.3 Å². The van der Waals surface area contributed by atoms with E-state index in [0.29, 0.717) is 12.2 Å². The van der Waals surface area contributed by atoms with Crippen molar-refractivity contribution in [2.75, 3.05) is 19.6 Å². The van der Waals surface area contributed by atoms with Gasteiger partial charge < -0.3 is 4.90 Å². The van der Waals surface area contributed by atoms with E-state index in [1.54, 1.807) is 0 Å². The van der Waals surface area contributed by atoms with Crippen molar-refractivity contribution < 1.29 is 4.79 Å². The Hall–Kier alpha value is -1.15. The van der Waals surface area contributed by atoms with Crippen molar-refractivity contribution in [3.05, 3.63) is 35.9 Å². The third-order valence-electron chi connectivity index (χ3n) is 3.82. The Bertz CT molecular complexity index is 368. The maximum atomic E-state index is 11.2. The van der Waals surface area contributed by atoms with Gasteiger partial charge in [-0.25, -0.2) is 0 Å². The Morgan fingerprint density at radius 1 is 1.28 bits per heavy atom. The van der Waals surface area contributed by atoms with Crippen LogP contribution in [-0.2, 0) is 11.2 Å². The smallest absolute Gasteiger partial charge is 0.132 e. The van der Waals surface area contributed by atoms with Crippen LogP contribution in [0.1, 0.15) is 31.7 Å². The van der Waals surface area contributed by atoms with E-state index >= 15 is 0 Å². The first-order valence-electron chi connectivity index (χ1n) is 7.06. The van der Waals surface area contributed by atoms with Crippen LogP contribution >= 0.6 is 0 Å². The van der Waals surface area contributed by atoms with Gasteiger partial charge in [0.15, 0.2) is 0 Å². The largest absolute Gasteiger partial charge is 0.302 e. The summed E-state index contributed by atoms with van der Waals surface area (Å²) in [6, 6.07) is 10.7. The number of likely N-dealkylation sites (tertiary alicyclic amines) is 1. The number of hydrogen-bond acceptors (Lipinski definition) is 2. The van der Waals surface area contributed by atoms with Gasteiger partial charge in [0.2, 0.25) is 0 Å². The quantitative estimate of drug-likeness (QED) is 0.736. The molecular weight excluding hydrogens is 222 g/mol. The lowest BCUT2D eigenvalue weighted by molar-refractivity contribution is -0.119. The molecule has 0 aromatic heterocycles. The van der Waals surface area contributed by atoms with E-state index in [1.165, 1.54) is 18.7 Å². The molecule has 1 aromatic rings. The van der Waals surface area contributed by atoms with Gasteiger partial charge in [-0.15, -0.1) is 0 Å². The monoisotopic (exact) mass is 245 g/mol. The van der Waals surface area contributed by atoms with Gasteiger partial charge in [-0.3, -0.25) is 4.79 Å². The molecule has 0 aliphatic carbocycles. The van der Waals surface area contributed by atoms with E-state index in [-0.39, 0.29) is 0 Å².